The lowest BCUT2D eigenvalue weighted by Crippen LogP contribution is -2.35. The summed E-state index contributed by atoms with van der Waals surface area (Å²) in [7, 11) is -6.75. The molecule has 0 radical (unpaired) electrons. The number of carbonyl (C=O) groups is 1. The van der Waals surface area contributed by atoms with E-state index in [9.17, 15) is 21.6 Å². The van der Waals surface area contributed by atoms with E-state index in [2.05, 4.69) is 20.2 Å². The lowest BCUT2D eigenvalue weighted by molar-refractivity contribution is 0.102. The van der Waals surface area contributed by atoms with E-state index in [0.29, 0.717) is 30.0 Å². The van der Waals surface area contributed by atoms with Crippen LogP contribution in [0.15, 0.2) is 51.7 Å². The average Bonchev–Trinajstić information content (AvgIpc) is 3.34. The number of hydrogen-bond acceptors (Lipinski definition) is 9. The predicted octanol–water partition coefficient (Wildman–Crippen LogP) is 3.08. The Morgan fingerprint density at radius 3 is 2.47 bits per heavy atom. The van der Waals surface area contributed by atoms with Gasteiger partial charge in [0.05, 0.1) is 12.8 Å². The standard InChI is InChI=1S/C22H25N5O6S3/c1-15-7-6-8-16(13-15)20(28)23-21-24-25-22(34-21)35(29,30)26-17-9-10-18(33-2)19(14-17)36(31,32)27-11-4-3-5-12-27/h6-10,13-14,26H,3-5,11-12H2,1-2H3,(H,23,24,28). The number of hydrogen-bond donors (Lipinski definition) is 2. The van der Waals surface area contributed by atoms with Gasteiger partial charge in [-0.2, -0.15) is 12.7 Å². The van der Waals surface area contributed by atoms with Crippen molar-refractivity contribution in [1.82, 2.24) is 14.5 Å². The van der Waals surface area contributed by atoms with Crippen molar-refractivity contribution in [1.29, 1.82) is 0 Å². The van der Waals surface area contributed by atoms with Crippen molar-refractivity contribution in [3.63, 3.8) is 0 Å². The van der Waals surface area contributed by atoms with E-state index in [1.54, 1.807) is 18.2 Å². The molecule has 11 nitrogen and oxygen atoms in total. The molecule has 36 heavy (non-hydrogen) atoms. The summed E-state index contributed by atoms with van der Waals surface area (Å²) in [5.74, 6) is -0.338. The van der Waals surface area contributed by atoms with Gasteiger partial charge in [-0.25, -0.2) is 8.42 Å². The number of methoxy groups -OCH3 is 1. The van der Waals surface area contributed by atoms with Crippen LogP contribution in [0.1, 0.15) is 35.2 Å². The van der Waals surface area contributed by atoms with E-state index >= 15 is 0 Å². The maximum absolute atomic E-state index is 13.2. The van der Waals surface area contributed by atoms with Crippen LogP contribution >= 0.6 is 11.3 Å². The fraction of sp³-hybridized carbons (Fsp3) is 0.318. The van der Waals surface area contributed by atoms with Crippen LogP contribution in [-0.4, -0.2) is 57.4 Å². The molecule has 1 fully saturated rings. The number of aryl methyl sites for hydroxylation is 1. The second-order valence-corrected chi connectivity index (χ2v) is 12.9. The molecule has 2 aromatic carbocycles. The first-order valence-electron chi connectivity index (χ1n) is 11.0. The van der Waals surface area contributed by atoms with Gasteiger partial charge in [-0.05, 0) is 50.1 Å². The quantitative estimate of drug-likeness (QED) is 0.406. The van der Waals surface area contributed by atoms with Crippen LogP contribution in [0.3, 0.4) is 0 Å². The van der Waals surface area contributed by atoms with Gasteiger partial charge >= 0.3 is 0 Å². The van der Waals surface area contributed by atoms with E-state index in [4.69, 9.17) is 4.74 Å². The topological polar surface area (TPSA) is 148 Å². The molecule has 192 valence electrons. The van der Waals surface area contributed by atoms with Crippen molar-refractivity contribution in [2.45, 2.75) is 35.4 Å². The van der Waals surface area contributed by atoms with Gasteiger partial charge in [-0.1, -0.05) is 35.5 Å². The Kier molecular flexibility index (Phi) is 7.59. The molecule has 1 aromatic heterocycles. The lowest BCUT2D eigenvalue weighted by Gasteiger charge is -2.26. The highest BCUT2D eigenvalue weighted by atomic mass is 32.2. The molecule has 0 saturated carbocycles. The number of anilines is 2. The van der Waals surface area contributed by atoms with E-state index < -0.39 is 30.3 Å². The molecule has 0 spiro atoms. The Balaban J connectivity index is 1.54. The fourth-order valence-electron chi connectivity index (χ4n) is 3.71. The first-order valence-corrected chi connectivity index (χ1v) is 14.8. The minimum absolute atomic E-state index is 0.00461. The number of ether oxygens (including phenoxy) is 1. The summed E-state index contributed by atoms with van der Waals surface area (Å²) in [6.07, 6.45) is 2.47. The summed E-state index contributed by atoms with van der Waals surface area (Å²) < 4.78 is 60.8. The molecule has 1 aliphatic rings. The maximum Gasteiger partial charge on any atom is 0.291 e. The summed E-state index contributed by atoms with van der Waals surface area (Å²) in [4.78, 5) is 12.3. The molecule has 14 heteroatoms. The number of amides is 1. The zero-order valence-corrected chi connectivity index (χ0v) is 22.0. The predicted molar refractivity (Wildman–Crippen MR) is 135 cm³/mol. The molecule has 0 aliphatic carbocycles. The molecule has 4 rings (SSSR count). The molecule has 0 atom stereocenters. The molecule has 0 bridgehead atoms. The van der Waals surface area contributed by atoms with E-state index in [1.165, 1.54) is 29.6 Å². The van der Waals surface area contributed by atoms with Crippen molar-refractivity contribution in [2.75, 3.05) is 30.2 Å². The van der Waals surface area contributed by atoms with Crippen LogP contribution in [0.25, 0.3) is 0 Å². The molecule has 3 aromatic rings. The number of rotatable bonds is 8. The number of carbonyl (C=O) groups excluding carboxylic acids is 1. The largest absolute Gasteiger partial charge is 0.495 e. The second-order valence-electron chi connectivity index (χ2n) is 8.13. The molecule has 1 aliphatic heterocycles. The Morgan fingerprint density at radius 2 is 1.78 bits per heavy atom. The van der Waals surface area contributed by atoms with Crippen molar-refractivity contribution >= 4 is 48.1 Å². The summed E-state index contributed by atoms with van der Waals surface area (Å²) in [5, 5.41) is 9.97. The monoisotopic (exact) mass is 551 g/mol. The molecular formula is C22H25N5O6S3. The average molecular weight is 552 g/mol. The molecule has 2 N–H and O–H groups in total. The molecule has 1 saturated heterocycles. The van der Waals surface area contributed by atoms with Crippen molar-refractivity contribution in [3.8, 4) is 5.75 Å². The van der Waals surface area contributed by atoms with Crippen LogP contribution in [0, 0.1) is 6.92 Å². The fourth-order valence-corrected chi connectivity index (χ4v) is 7.35. The van der Waals surface area contributed by atoms with Crippen molar-refractivity contribution in [3.05, 3.63) is 53.6 Å². The number of nitrogens with zero attached hydrogens (tertiary/aromatic N) is 3. The summed E-state index contributed by atoms with van der Waals surface area (Å²) >= 11 is 0.671. The molecular weight excluding hydrogens is 526 g/mol. The van der Waals surface area contributed by atoms with Crippen LogP contribution in [0.5, 0.6) is 5.75 Å². The third-order valence-corrected chi connectivity index (χ3v) is 9.99. The van der Waals surface area contributed by atoms with Gasteiger partial charge in [0.15, 0.2) is 0 Å². The number of piperidine rings is 1. The first-order chi connectivity index (χ1) is 17.1. The number of benzene rings is 2. The summed E-state index contributed by atoms with van der Waals surface area (Å²) in [6.45, 7) is 2.63. The number of nitrogens with one attached hydrogen (secondary N) is 2. The Bertz CT molecular complexity index is 1480. The minimum Gasteiger partial charge on any atom is -0.495 e. The number of aromatic nitrogens is 2. The van der Waals surface area contributed by atoms with Crippen LogP contribution in [-0.2, 0) is 20.0 Å². The van der Waals surface area contributed by atoms with Crippen molar-refractivity contribution in [2.24, 2.45) is 0 Å². The van der Waals surface area contributed by atoms with Gasteiger partial charge in [0.2, 0.25) is 15.2 Å². The Hall–Kier alpha value is -3.07. The van der Waals surface area contributed by atoms with Gasteiger partial charge in [-0.3, -0.25) is 14.8 Å². The highest BCUT2D eigenvalue weighted by Gasteiger charge is 2.30. The zero-order chi connectivity index (χ0) is 25.9. The van der Waals surface area contributed by atoms with Crippen LogP contribution < -0.4 is 14.8 Å². The minimum atomic E-state index is -4.21. The zero-order valence-electron chi connectivity index (χ0n) is 19.6. The van der Waals surface area contributed by atoms with Gasteiger partial charge in [0.25, 0.3) is 20.3 Å². The van der Waals surface area contributed by atoms with Gasteiger partial charge in [-0.15, -0.1) is 10.2 Å². The van der Waals surface area contributed by atoms with E-state index in [-0.39, 0.29) is 21.5 Å². The van der Waals surface area contributed by atoms with Crippen molar-refractivity contribution < 1.29 is 26.4 Å². The Labute approximate surface area is 213 Å². The van der Waals surface area contributed by atoms with Gasteiger partial charge in [0, 0.05) is 18.7 Å². The smallest absolute Gasteiger partial charge is 0.291 e. The van der Waals surface area contributed by atoms with Gasteiger partial charge in [0.1, 0.15) is 10.6 Å². The molecule has 1 amide bonds. The lowest BCUT2D eigenvalue weighted by atomic mass is 10.1. The summed E-state index contributed by atoms with van der Waals surface area (Å²) in [5.41, 5.74) is 1.31. The Morgan fingerprint density at radius 1 is 1.03 bits per heavy atom. The molecule has 2 heterocycles. The summed E-state index contributed by atoms with van der Waals surface area (Å²) in [6, 6.07) is 10.9. The van der Waals surface area contributed by atoms with E-state index in [0.717, 1.165) is 24.8 Å². The SMILES string of the molecule is COc1ccc(NS(=O)(=O)c2nnc(NC(=O)c3cccc(C)c3)s2)cc1S(=O)(=O)N1CCCCC1. The first kappa shape index (κ1) is 26.0. The third kappa shape index (κ3) is 5.67. The maximum atomic E-state index is 13.2. The molecule has 0 unspecified atom stereocenters. The normalized spacial score (nSPS) is 14.8. The van der Waals surface area contributed by atoms with Gasteiger partial charge < -0.3 is 4.74 Å². The number of sulfonamides is 2. The highest BCUT2D eigenvalue weighted by molar-refractivity contribution is 7.94. The highest BCUT2D eigenvalue weighted by Crippen LogP contribution is 2.32. The third-order valence-electron chi connectivity index (χ3n) is 5.49. The van der Waals surface area contributed by atoms with E-state index in [1.807, 2.05) is 13.0 Å². The van der Waals surface area contributed by atoms with Crippen LogP contribution in [0.4, 0.5) is 10.8 Å². The van der Waals surface area contributed by atoms with Crippen LogP contribution in [0.2, 0.25) is 0 Å². The second kappa shape index (κ2) is 10.5.